The first-order chi connectivity index (χ1) is 15.5. The molecule has 0 aromatic carbocycles. The maximum absolute atomic E-state index is 12.6. The van der Waals surface area contributed by atoms with Crippen LogP contribution in [0.1, 0.15) is 35.1 Å². The lowest BCUT2D eigenvalue weighted by Gasteiger charge is -2.09. The van der Waals surface area contributed by atoms with E-state index in [4.69, 9.17) is 9.47 Å². The maximum atomic E-state index is 12.6. The number of methoxy groups -OCH3 is 1. The van der Waals surface area contributed by atoms with Crippen molar-refractivity contribution in [2.75, 3.05) is 26.1 Å². The van der Waals surface area contributed by atoms with Crippen LogP contribution in [-0.4, -0.2) is 57.2 Å². The number of esters is 1. The van der Waals surface area contributed by atoms with E-state index in [2.05, 4.69) is 14.8 Å². The molecule has 32 heavy (non-hydrogen) atoms. The fourth-order valence-corrected chi connectivity index (χ4v) is 4.97. The molecule has 0 spiro atoms. The Morgan fingerprint density at radius 1 is 1.22 bits per heavy atom. The first-order valence-electron chi connectivity index (χ1n) is 10.4. The van der Waals surface area contributed by atoms with Gasteiger partial charge in [-0.05, 0) is 44.7 Å². The molecule has 0 fully saturated rings. The molecule has 3 heterocycles. The largest absolute Gasteiger partial charge is 0.457 e. The molecule has 0 radical (unpaired) electrons. The molecule has 3 rings (SSSR count). The summed E-state index contributed by atoms with van der Waals surface area (Å²) in [6.45, 7) is 7.74. The van der Waals surface area contributed by atoms with E-state index in [1.165, 1.54) is 11.8 Å². The first-order valence-corrected chi connectivity index (χ1v) is 12.3. The molecule has 8 nitrogen and oxygen atoms in total. The minimum absolute atomic E-state index is 0.0614. The van der Waals surface area contributed by atoms with E-state index >= 15 is 0 Å². The van der Waals surface area contributed by atoms with E-state index in [1.54, 1.807) is 18.4 Å². The van der Waals surface area contributed by atoms with Crippen LogP contribution >= 0.6 is 23.1 Å². The number of rotatable bonds is 12. The van der Waals surface area contributed by atoms with Crippen molar-refractivity contribution in [3.63, 3.8) is 0 Å². The summed E-state index contributed by atoms with van der Waals surface area (Å²) in [4.78, 5) is 25.9. The number of nitrogens with zero attached hydrogens (tertiary/aromatic N) is 4. The van der Waals surface area contributed by atoms with Gasteiger partial charge in [-0.3, -0.25) is 9.59 Å². The average Bonchev–Trinajstić information content (AvgIpc) is 3.51. The van der Waals surface area contributed by atoms with Gasteiger partial charge < -0.3 is 18.6 Å². The molecule has 0 aliphatic rings. The highest BCUT2D eigenvalue weighted by Gasteiger charge is 2.19. The quantitative estimate of drug-likeness (QED) is 0.169. The van der Waals surface area contributed by atoms with E-state index < -0.39 is 5.97 Å². The van der Waals surface area contributed by atoms with Gasteiger partial charge in [0, 0.05) is 43.8 Å². The van der Waals surface area contributed by atoms with Crippen LogP contribution in [0.4, 0.5) is 0 Å². The zero-order chi connectivity index (χ0) is 23.1. The maximum Gasteiger partial charge on any atom is 0.316 e. The molecule has 0 unspecified atom stereocenters. The number of thiophene rings is 1. The highest BCUT2D eigenvalue weighted by atomic mass is 32.2. The molecule has 3 aromatic heterocycles. The third-order valence-electron chi connectivity index (χ3n) is 5.06. The predicted molar refractivity (Wildman–Crippen MR) is 125 cm³/mol. The van der Waals surface area contributed by atoms with E-state index in [1.807, 2.05) is 48.9 Å². The lowest BCUT2D eigenvalue weighted by atomic mass is 10.1. The second kappa shape index (κ2) is 11.4. The molecular formula is C22H28N4O4S2. The van der Waals surface area contributed by atoms with Crippen LogP contribution in [-0.2, 0) is 27.4 Å². The summed E-state index contributed by atoms with van der Waals surface area (Å²) in [6, 6.07) is 5.81. The van der Waals surface area contributed by atoms with E-state index in [-0.39, 0.29) is 18.1 Å². The summed E-state index contributed by atoms with van der Waals surface area (Å²) < 4.78 is 14.4. The summed E-state index contributed by atoms with van der Waals surface area (Å²) in [6.07, 6.45) is 0.864. The topological polar surface area (TPSA) is 88.2 Å². The predicted octanol–water partition coefficient (Wildman–Crippen LogP) is 4.00. The van der Waals surface area contributed by atoms with E-state index in [9.17, 15) is 9.59 Å². The molecule has 0 saturated carbocycles. The molecule has 3 aromatic rings. The van der Waals surface area contributed by atoms with Crippen molar-refractivity contribution in [1.29, 1.82) is 0 Å². The Labute approximate surface area is 195 Å². The smallest absolute Gasteiger partial charge is 0.316 e. The van der Waals surface area contributed by atoms with Crippen molar-refractivity contribution in [2.45, 2.75) is 45.4 Å². The fourth-order valence-electron chi connectivity index (χ4n) is 3.45. The van der Waals surface area contributed by atoms with Crippen LogP contribution in [0.3, 0.4) is 0 Å². The van der Waals surface area contributed by atoms with Gasteiger partial charge >= 0.3 is 5.97 Å². The Balaban J connectivity index is 1.53. The van der Waals surface area contributed by atoms with Crippen LogP contribution in [0.15, 0.2) is 28.7 Å². The Bertz CT molecular complexity index is 1060. The van der Waals surface area contributed by atoms with Gasteiger partial charge in [0.15, 0.2) is 17.6 Å². The molecule has 0 N–H and O–H groups in total. The molecule has 0 aliphatic carbocycles. The number of ketones is 1. The second-order valence-electron chi connectivity index (χ2n) is 7.18. The standard InChI is InChI=1S/C22H28N4O4S2/c1-5-25-21(19-8-6-11-31-19)23-24-22(25)32-14-20(28)30-13-18(27)17-12-15(2)26(16(17)3)9-7-10-29-4/h6,8,11-12H,5,7,9-10,13-14H2,1-4H3. The molecule has 0 atom stereocenters. The minimum Gasteiger partial charge on any atom is -0.457 e. The molecule has 10 heteroatoms. The van der Waals surface area contributed by atoms with E-state index in [0.717, 1.165) is 35.1 Å². The summed E-state index contributed by atoms with van der Waals surface area (Å²) in [5.41, 5.74) is 2.47. The molecule has 0 saturated heterocycles. The molecule has 0 amide bonds. The van der Waals surface area contributed by atoms with Gasteiger partial charge in [-0.25, -0.2) is 0 Å². The van der Waals surface area contributed by atoms with Crippen molar-refractivity contribution in [1.82, 2.24) is 19.3 Å². The number of carbonyl (C=O) groups excluding carboxylic acids is 2. The number of aryl methyl sites for hydroxylation is 1. The zero-order valence-corrected chi connectivity index (χ0v) is 20.4. The van der Waals surface area contributed by atoms with Crippen LogP contribution < -0.4 is 0 Å². The summed E-state index contributed by atoms with van der Waals surface area (Å²) in [5.74, 6) is 0.187. The van der Waals surface area contributed by atoms with Gasteiger partial charge in [-0.2, -0.15) is 0 Å². The number of ether oxygens (including phenoxy) is 2. The number of carbonyl (C=O) groups is 2. The third kappa shape index (κ3) is 5.67. The van der Waals surface area contributed by atoms with Gasteiger partial charge in [0.2, 0.25) is 5.78 Å². The van der Waals surface area contributed by atoms with Crippen molar-refractivity contribution >= 4 is 34.9 Å². The van der Waals surface area contributed by atoms with Crippen LogP contribution in [0.5, 0.6) is 0 Å². The normalized spacial score (nSPS) is 11.1. The first kappa shape index (κ1) is 24.2. The van der Waals surface area contributed by atoms with Gasteiger partial charge in [-0.15, -0.1) is 21.5 Å². The summed E-state index contributed by atoms with van der Waals surface area (Å²) in [5, 5.41) is 11.1. The Morgan fingerprint density at radius 2 is 2.03 bits per heavy atom. The average molecular weight is 477 g/mol. The number of thioether (sulfide) groups is 1. The van der Waals surface area contributed by atoms with Gasteiger partial charge in [0.25, 0.3) is 0 Å². The van der Waals surface area contributed by atoms with Crippen LogP contribution in [0.25, 0.3) is 10.7 Å². The highest BCUT2D eigenvalue weighted by molar-refractivity contribution is 7.99. The van der Waals surface area contributed by atoms with Crippen molar-refractivity contribution < 1.29 is 19.1 Å². The number of Topliss-reactive ketones (excluding diaryl/α,β-unsaturated/α-hetero) is 1. The number of hydrogen-bond donors (Lipinski definition) is 0. The number of aromatic nitrogens is 4. The van der Waals surface area contributed by atoms with Gasteiger partial charge in [-0.1, -0.05) is 17.8 Å². The second-order valence-corrected chi connectivity index (χ2v) is 9.07. The zero-order valence-electron chi connectivity index (χ0n) is 18.8. The fraction of sp³-hybridized carbons (Fsp3) is 0.455. The molecule has 0 aliphatic heterocycles. The lowest BCUT2D eigenvalue weighted by molar-refractivity contribution is -0.139. The van der Waals surface area contributed by atoms with E-state index in [0.29, 0.717) is 23.9 Å². The molecule has 172 valence electrons. The monoisotopic (exact) mass is 476 g/mol. The summed E-state index contributed by atoms with van der Waals surface area (Å²) >= 11 is 2.85. The lowest BCUT2D eigenvalue weighted by Crippen LogP contribution is -2.16. The number of hydrogen-bond acceptors (Lipinski definition) is 8. The van der Waals surface area contributed by atoms with Crippen LogP contribution in [0, 0.1) is 13.8 Å². The summed E-state index contributed by atoms with van der Waals surface area (Å²) in [7, 11) is 1.67. The Hall–Kier alpha value is -2.43. The SMILES string of the molecule is CCn1c(SCC(=O)OCC(=O)c2cc(C)n(CCCOC)c2C)nnc1-c1cccs1. The van der Waals surface area contributed by atoms with Crippen molar-refractivity contribution in [3.05, 3.63) is 40.5 Å². The molecular weight excluding hydrogens is 448 g/mol. The highest BCUT2D eigenvalue weighted by Crippen LogP contribution is 2.27. The third-order valence-corrected chi connectivity index (χ3v) is 6.87. The van der Waals surface area contributed by atoms with Crippen LogP contribution in [0.2, 0.25) is 0 Å². The Kier molecular flexibility index (Phi) is 8.66. The van der Waals surface area contributed by atoms with Crippen molar-refractivity contribution in [3.8, 4) is 10.7 Å². The van der Waals surface area contributed by atoms with Gasteiger partial charge in [0.1, 0.15) is 0 Å². The van der Waals surface area contributed by atoms with Gasteiger partial charge in [0.05, 0.1) is 10.6 Å². The molecule has 0 bridgehead atoms. The minimum atomic E-state index is -0.458. The van der Waals surface area contributed by atoms with Crippen molar-refractivity contribution in [2.24, 2.45) is 0 Å². The Morgan fingerprint density at radius 3 is 2.72 bits per heavy atom.